The number of hydrogen-bond donors (Lipinski definition) is 1. The van der Waals surface area contributed by atoms with Crippen molar-refractivity contribution in [2.24, 2.45) is 0 Å². The molecule has 1 aromatic rings. The Morgan fingerprint density at radius 2 is 1.90 bits per heavy atom. The third kappa shape index (κ3) is 2.99. The van der Waals surface area contributed by atoms with Crippen molar-refractivity contribution in [3.8, 4) is 5.75 Å². The van der Waals surface area contributed by atoms with Crippen molar-refractivity contribution in [3.63, 3.8) is 0 Å². The van der Waals surface area contributed by atoms with Crippen LogP contribution in [0.25, 0.3) is 0 Å². The van der Waals surface area contributed by atoms with Gasteiger partial charge in [-0.1, -0.05) is 20.8 Å². The lowest BCUT2D eigenvalue weighted by Crippen LogP contribution is -2.46. The molecule has 0 aliphatic carbocycles. The van der Waals surface area contributed by atoms with Crippen LogP contribution in [0.4, 0.5) is 0 Å². The van der Waals surface area contributed by atoms with Crippen LogP contribution in [0, 0.1) is 0 Å². The predicted octanol–water partition coefficient (Wildman–Crippen LogP) is 2.77. The van der Waals surface area contributed by atoms with Crippen molar-refractivity contribution >= 4 is 0 Å². The Hall–Kier alpha value is -1.07. The fourth-order valence-electron chi connectivity index (χ4n) is 2.88. The van der Waals surface area contributed by atoms with Crippen LogP contribution < -0.4 is 10.1 Å². The SMILES string of the molecule is CCNC(c1c(OC)cnn1CC)C(CC)(CC)OC. The number of hydrogen-bond acceptors (Lipinski definition) is 4. The zero-order valence-corrected chi connectivity index (χ0v) is 13.7. The molecule has 20 heavy (non-hydrogen) atoms. The van der Waals surface area contributed by atoms with Gasteiger partial charge in [-0.25, -0.2) is 0 Å². The van der Waals surface area contributed by atoms with Crippen molar-refractivity contribution in [2.45, 2.75) is 58.7 Å². The quantitative estimate of drug-likeness (QED) is 0.757. The molecule has 0 radical (unpaired) electrons. The monoisotopic (exact) mass is 283 g/mol. The normalized spacial score (nSPS) is 13.5. The van der Waals surface area contributed by atoms with Gasteiger partial charge in [0.1, 0.15) is 5.69 Å². The van der Waals surface area contributed by atoms with E-state index in [1.807, 2.05) is 4.68 Å². The highest BCUT2D eigenvalue weighted by Crippen LogP contribution is 2.38. The van der Waals surface area contributed by atoms with Gasteiger partial charge in [-0.15, -0.1) is 0 Å². The molecular weight excluding hydrogens is 254 g/mol. The van der Waals surface area contributed by atoms with Crippen molar-refractivity contribution in [1.29, 1.82) is 0 Å². The lowest BCUT2D eigenvalue weighted by Gasteiger charge is -2.39. The minimum atomic E-state index is -0.254. The van der Waals surface area contributed by atoms with Crippen LogP contribution >= 0.6 is 0 Å². The number of ether oxygens (including phenoxy) is 2. The highest BCUT2D eigenvalue weighted by Gasteiger charge is 2.40. The molecule has 5 heteroatoms. The van der Waals surface area contributed by atoms with Gasteiger partial charge in [-0.3, -0.25) is 4.68 Å². The first kappa shape index (κ1) is 17.0. The molecule has 1 N–H and O–H groups in total. The second-order valence-electron chi connectivity index (χ2n) is 4.88. The number of aryl methyl sites for hydroxylation is 1. The minimum absolute atomic E-state index is 0.0601. The van der Waals surface area contributed by atoms with Crippen LogP contribution in [0.5, 0.6) is 5.75 Å². The van der Waals surface area contributed by atoms with Gasteiger partial charge >= 0.3 is 0 Å². The van der Waals surface area contributed by atoms with Crippen LogP contribution in [-0.4, -0.2) is 36.1 Å². The summed E-state index contributed by atoms with van der Waals surface area (Å²) in [6.07, 6.45) is 3.64. The maximum atomic E-state index is 5.91. The number of aromatic nitrogens is 2. The molecule has 116 valence electrons. The van der Waals surface area contributed by atoms with E-state index in [1.54, 1.807) is 20.4 Å². The largest absolute Gasteiger partial charge is 0.493 e. The highest BCUT2D eigenvalue weighted by molar-refractivity contribution is 5.31. The summed E-state index contributed by atoms with van der Waals surface area (Å²) in [4.78, 5) is 0. The summed E-state index contributed by atoms with van der Waals surface area (Å²) < 4.78 is 13.4. The van der Waals surface area contributed by atoms with Crippen LogP contribution in [0.15, 0.2) is 6.20 Å². The fourth-order valence-corrected chi connectivity index (χ4v) is 2.88. The Kier molecular flexibility index (Phi) is 6.49. The van der Waals surface area contributed by atoms with Crippen LogP contribution in [0.3, 0.4) is 0 Å². The summed E-state index contributed by atoms with van der Waals surface area (Å²) in [5.74, 6) is 0.820. The average molecular weight is 283 g/mol. The van der Waals surface area contributed by atoms with E-state index < -0.39 is 0 Å². The van der Waals surface area contributed by atoms with Crippen molar-refractivity contribution in [1.82, 2.24) is 15.1 Å². The lowest BCUT2D eigenvalue weighted by molar-refractivity contribution is -0.0508. The molecule has 1 aromatic heterocycles. The van der Waals surface area contributed by atoms with Gasteiger partial charge in [-0.2, -0.15) is 5.10 Å². The molecule has 0 amide bonds. The number of nitrogens with one attached hydrogen (secondary N) is 1. The molecule has 0 aliphatic heterocycles. The summed E-state index contributed by atoms with van der Waals surface area (Å²) in [6, 6.07) is 0.0601. The summed E-state index contributed by atoms with van der Waals surface area (Å²) in [5, 5.41) is 7.98. The van der Waals surface area contributed by atoms with Crippen molar-refractivity contribution in [2.75, 3.05) is 20.8 Å². The van der Waals surface area contributed by atoms with Gasteiger partial charge in [0.05, 0.1) is 24.9 Å². The van der Waals surface area contributed by atoms with E-state index >= 15 is 0 Å². The van der Waals surface area contributed by atoms with Crippen LogP contribution in [-0.2, 0) is 11.3 Å². The van der Waals surface area contributed by atoms with Crippen LogP contribution in [0.1, 0.15) is 52.3 Å². The Balaban J connectivity index is 3.35. The van der Waals surface area contributed by atoms with Gasteiger partial charge in [0.2, 0.25) is 0 Å². The lowest BCUT2D eigenvalue weighted by atomic mass is 9.85. The zero-order chi connectivity index (χ0) is 15.2. The summed E-state index contributed by atoms with van der Waals surface area (Å²) in [6.45, 7) is 10.2. The van der Waals surface area contributed by atoms with E-state index in [1.165, 1.54) is 0 Å². The molecule has 0 aliphatic rings. The van der Waals surface area contributed by atoms with E-state index in [9.17, 15) is 0 Å². The topological polar surface area (TPSA) is 48.3 Å². The predicted molar refractivity (Wildman–Crippen MR) is 81.2 cm³/mol. The molecule has 1 heterocycles. The molecule has 1 atom stereocenters. The van der Waals surface area contributed by atoms with Gasteiger partial charge in [0.15, 0.2) is 5.75 Å². The van der Waals surface area contributed by atoms with E-state index in [0.717, 1.165) is 37.4 Å². The number of rotatable bonds is 9. The standard InChI is InChI=1S/C15H29N3O2/c1-7-15(8-2,20-6)14(16-9-3)13-12(19-5)11-17-18(13)10-4/h11,14,16H,7-10H2,1-6H3. The molecule has 0 fully saturated rings. The average Bonchev–Trinajstić information content (AvgIpc) is 2.90. The Bertz CT molecular complexity index is 370. The summed E-state index contributed by atoms with van der Waals surface area (Å²) >= 11 is 0. The maximum Gasteiger partial charge on any atom is 0.161 e. The summed E-state index contributed by atoms with van der Waals surface area (Å²) in [7, 11) is 3.48. The highest BCUT2D eigenvalue weighted by atomic mass is 16.5. The molecule has 0 saturated heterocycles. The van der Waals surface area contributed by atoms with Crippen molar-refractivity contribution in [3.05, 3.63) is 11.9 Å². The molecule has 5 nitrogen and oxygen atoms in total. The van der Waals surface area contributed by atoms with Gasteiger partial charge < -0.3 is 14.8 Å². The number of likely N-dealkylation sites (N-methyl/N-ethyl adjacent to an activating group) is 1. The molecule has 0 bridgehead atoms. The second-order valence-corrected chi connectivity index (χ2v) is 4.88. The molecule has 1 unspecified atom stereocenters. The smallest absolute Gasteiger partial charge is 0.161 e. The van der Waals surface area contributed by atoms with E-state index in [4.69, 9.17) is 9.47 Å². The number of methoxy groups -OCH3 is 2. The molecule has 0 spiro atoms. The first-order valence-corrected chi connectivity index (χ1v) is 7.52. The Morgan fingerprint density at radius 1 is 1.25 bits per heavy atom. The fraction of sp³-hybridized carbons (Fsp3) is 0.800. The molecule has 1 rings (SSSR count). The van der Waals surface area contributed by atoms with E-state index in [2.05, 4.69) is 38.1 Å². The second kappa shape index (κ2) is 7.64. The van der Waals surface area contributed by atoms with E-state index in [0.29, 0.717) is 0 Å². The zero-order valence-electron chi connectivity index (χ0n) is 13.7. The molecular formula is C15H29N3O2. The molecule has 0 saturated carbocycles. The Labute approximate surface area is 122 Å². The van der Waals surface area contributed by atoms with Crippen LogP contribution in [0.2, 0.25) is 0 Å². The first-order chi connectivity index (χ1) is 9.63. The number of nitrogens with zero attached hydrogens (tertiary/aromatic N) is 2. The van der Waals surface area contributed by atoms with Crippen molar-refractivity contribution < 1.29 is 9.47 Å². The third-order valence-corrected chi connectivity index (χ3v) is 4.18. The first-order valence-electron chi connectivity index (χ1n) is 7.52. The van der Waals surface area contributed by atoms with Gasteiger partial charge in [0, 0.05) is 13.7 Å². The van der Waals surface area contributed by atoms with Gasteiger partial charge in [0.25, 0.3) is 0 Å². The minimum Gasteiger partial charge on any atom is -0.493 e. The molecule has 0 aromatic carbocycles. The maximum absolute atomic E-state index is 5.91. The summed E-state index contributed by atoms with van der Waals surface area (Å²) in [5.41, 5.74) is 0.818. The third-order valence-electron chi connectivity index (χ3n) is 4.18. The Morgan fingerprint density at radius 3 is 2.30 bits per heavy atom. The van der Waals surface area contributed by atoms with Gasteiger partial charge in [-0.05, 0) is 26.3 Å². The van der Waals surface area contributed by atoms with E-state index in [-0.39, 0.29) is 11.6 Å².